The van der Waals surface area contributed by atoms with E-state index in [9.17, 15) is 0 Å². The molecule has 2 N–H and O–H groups in total. The molecule has 3 heteroatoms. The van der Waals surface area contributed by atoms with Gasteiger partial charge in [0.1, 0.15) is 5.82 Å². The Morgan fingerprint density at radius 3 is 2.59 bits per heavy atom. The van der Waals surface area contributed by atoms with Gasteiger partial charge in [0.2, 0.25) is 0 Å². The molecule has 1 heterocycles. The fourth-order valence-corrected chi connectivity index (χ4v) is 1.76. The van der Waals surface area contributed by atoms with Crippen molar-refractivity contribution in [3.8, 4) is 0 Å². The van der Waals surface area contributed by atoms with Gasteiger partial charge in [-0.2, -0.15) is 0 Å². The van der Waals surface area contributed by atoms with Gasteiger partial charge in [-0.3, -0.25) is 0 Å². The van der Waals surface area contributed by atoms with Crippen molar-refractivity contribution in [3.05, 3.63) is 53.7 Å². The second kappa shape index (κ2) is 4.87. The lowest BCUT2D eigenvalue weighted by molar-refractivity contribution is 0.894. The SMILES string of the molecule is Cc1cccc(N(C)Cc2ccccc2N)n1. The Labute approximate surface area is 102 Å². The Morgan fingerprint density at radius 2 is 1.88 bits per heavy atom. The van der Waals surface area contributed by atoms with Crippen LogP contribution in [0.1, 0.15) is 11.3 Å². The molecule has 2 rings (SSSR count). The van der Waals surface area contributed by atoms with Crippen molar-refractivity contribution in [2.45, 2.75) is 13.5 Å². The van der Waals surface area contributed by atoms with Crippen LogP contribution in [-0.4, -0.2) is 12.0 Å². The molecule has 17 heavy (non-hydrogen) atoms. The van der Waals surface area contributed by atoms with Crippen LogP contribution < -0.4 is 10.6 Å². The first kappa shape index (κ1) is 11.5. The number of nitrogen functional groups attached to an aromatic ring is 1. The largest absolute Gasteiger partial charge is 0.398 e. The predicted octanol–water partition coefficient (Wildman–Crippen LogP) is 2.61. The first-order valence-electron chi connectivity index (χ1n) is 5.65. The number of hydrogen-bond acceptors (Lipinski definition) is 3. The summed E-state index contributed by atoms with van der Waals surface area (Å²) >= 11 is 0. The van der Waals surface area contributed by atoms with E-state index < -0.39 is 0 Å². The summed E-state index contributed by atoms with van der Waals surface area (Å²) in [5.74, 6) is 0.966. The summed E-state index contributed by atoms with van der Waals surface area (Å²) in [6, 6.07) is 13.9. The minimum atomic E-state index is 0.767. The maximum atomic E-state index is 5.93. The highest BCUT2D eigenvalue weighted by Gasteiger charge is 2.05. The van der Waals surface area contributed by atoms with Gasteiger partial charge < -0.3 is 10.6 Å². The molecular formula is C14H17N3. The monoisotopic (exact) mass is 227 g/mol. The second-order valence-electron chi connectivity index (χ2n) is 4.19. The van der Waals surface area contributed by atoms with E-state index in [2.05, 4.69) is 9.88 Å². The molecule has 0 saturated heterocycles. The van der Waals surface area contributed by atoms with Crippen LogP contribution >= 0.6 is 0 Å². The van der Waals surface area contributed by atoms with Crippen LogP contribution in [0.3, 0.4) is 0 Å². The number of para-hydroxylation sites is 1. The van der Waals surface area contributed by atoms with Gasteiger partial charge in [-0.25, -0.2) is 4.98 Å². The number of rotatable bonds is 3. The maximum absolute atomic E-state index is 5.93. The van der Waals surface area contributed by atoms with E-state index in [1.165, 1.54) is 0 Å². The number of aryl methyl sites for hydroxylation is 1. The third-order valence-corrected chi connectivity index (χ3v) is 2.73. The van der Waals surface area contributed by atoms with Crippen LogP contribution in [0.4, 0.5) is 11.5 Å². The summed E-state index contributed by atoms with van der Waals surface area (Å²) in [5, 5.41) is 0. The number of pyridine rings is 1. The highest BCUT2D eigenvalue weighted by Crippen LogP contribution is 2.16. The van der Waals surface area contributed by atoms with E-state index in [0.29, 0.717) is 0 Å². The summed E-state index contributed by atoms with van der Waals surface area (Å²) in [7, 11) is 2.02. The molecule has 2 aromatic rings. The molecule has 1 aromatic heterocycles. The van der Waals surface area contributed by atoms with Crippen molar-refractivity contribution in [1.29, 1.82) is 0 Å². The molecule has 0 unspecified atom stereocenters. The van der Waals surface area contributed by atoms with Gasteiger partial charge in [-0.15, -0.1) is 0 Å². The van der Waals surface area contributed by atoms with E-state index in [4.69, 9.17) is 5.73 Å². The highest BCUT2D eigenvalue weighted by molar-refractivity contribution is 5.49. The van der Waals surface area contributed by atoms with Crippen LogP contribution in [-0.2, 0) is 6.54 Å². The standard InChI is InChI=1S/C14H17N3/c1-11-6-5-9-14(16-11)17(2)10-12-7-3-4-8-13(12)15/h3-9H,10,15H2,1-2H3. The summed E-state index contributed by atoms with van der Waals surface area (Å²) in [5.41, 5.74) is 8.90. The minimum Gasteiger partial charge on any atom is -0.398 e. The number of nitrogens with two attached hydrogens (primary N) is 1. The van der Waals surface area contributed by atoms with Gasteiger partial charge in [0.25, 0.3) is 0 Å². The van der Waals surface area contributed by atoms with E-state index in [0.717, 1.165) is 29.3 Å². The van der Waals surface area contributed by atoms with Gasteiger partial charge in [0.15, 0.2) is 0 Å². The average Bonchev–Trinajstić information content (AvgIpc) is 2.32. The van der Waals surface area contributed by atoms with Crippen molar-refractivity contribution < 1.29 is 0 Å². The first-order chi connectivity index (χ1) is 8.16. The molecule has 0 aliphatic heterocycles. The second-order valence-corrected chi connectivity index (χ2v) is 4.19. The van der Waals surface area contributed by atoms with Gasteiger partial charge in [-0.05, 0) is 30.7 Å². The zero-order chi connectivity index (χ0) is 12.3. The zero-order valence-corrected chi connectivity index (χ0v) is 10.2. The summed E-state index contributed by atoms with van der Waals surface area (Å²) < 4.78 is 0. The molecule has 0 bridgehead atoms. The van der Waals surface area contributed by atoms with Crippen molar-refractivity contribution in [1.82, 2.24) is 4.98 Å². The fourth-order valence-electron chi connectivity index (χ4n) is 1.76. The Hall–Kier alpha value is -2.03. The van der Waals surface area contributed by atoms with Gasteiger partial charge in [0, 0.05) is 25.0 Å². The molecule has 0 aliphatic rings. The predicted molar refractivity (Wildman–Crippen MR) is 71.9 cm³/mol. The molecule has 0 aliphatic carbocycles. The van der Waals surface area contributed by atoms with Crippen LogP contribution in [0.15, 0.2) is 42.5 Å². The molecule has 0 amide bonds. The lowest BCUT2D eigenvalue weighted by Gasteiger charge is -2.19. The smallest absolute Gasteiger partial charge is 0.128 e. The normalized spacial score (nSPS) is 10.2. The lowest BCUT2D eigenvalue weighted by atomic mass is 10.2. The quantitative estimate of drug-likeness (QED) is 0.819. The van der Waals surface area contributed by atoms with Crippen molar-refractivity contribution in [2.75, 3.05) is 17.7 Å². The molecule has 1 aromatic carbocycles. The van der Waals surface area contributed by atoms with E-state index in [1.54, 1.807) is 0 Å². The third kappa shape index (κ3) is 2.75. The number of benzene rings is 1. The summed E-state index contributed by atoms with van der Waals surface area (Å²) in [6.45, 7) is 2.76. The van der Waals surface area contributed by atoms with Crippen LogP contribution in [0.25, 0.3) is 0 Å². The minimum absolute atomic E-state index is 0.767. The molecule has 0 saturated carbocycles. The van der Waals surface area contributed by atoms with Gasteiger partial charge in [-0.1, -0.05) is 24.3 Å². The van der Waals surface area contributed by atoms with Gasteiger partial charge in [0.05, 0.1) is 0 Å². The fraction of sp³-hybridized carbons (Fsp3) is 0.214. The van der Waals surface area contributed by atoms with E-state index in [1.807, 2.05) is 56.4 Å². The summed E-state index contributed by atoms with van der Waals surface area (Å²) in [4.78, 5) is 6.58. The molecule has 0 radical (unpaired) electrons. The number of anilines is 2. The Bertz CT molecular complexity index is 508. The summed E-state index contributed by atoms with van der Waals surface area (Å²) in [6.07, 6.45) is 0. The van der Waals surface area contributed by atoms with Crippen LogP contribution in [0.2, 0.25) is 0 Å². The van der Waals surface area contributed by atoms with Crippen LogP contribution in [0, 0.1) is 6.92 Å². The van der Waals surface area contributed by atoms with E-state index in [-0.39, 0.29) is 0 Å². The number of aromatic nitrogens is 1. The molecule has 3 nitrogen and oxygen atoms in total. The highest BCUT2D eigenvalue weighted by atomic mass is 15.2. The molecule has 88 valence electrons. The van der Waals surface area contributed by atoms with Crippen LogP contribution in [0.5, 0.6) is 0 Å². The van der Waals surface area contributed by atoms with Crippen molar-refractivity contribution in [2.24, 2.45) is 0 Å². The zero-order valence-electron chi connectivity index (χ0n) is 10.2. The van der Waals surface area contributed by atoms with Crippen molar-refractivity contribution >= 4 is 11.5 Å². The average molecular weight is 227 g/mol. The molecule has 0 spiro atoms. The molecule has 0 atom stereocenters. The lowest BCUT2D eigenvalue weighted by Crippen LogP contribution is -2.18. The Morgan fingerprint density at radius 1 is 1.12 bits per heavy atom. The Kier molecular flexibility index (Phi) is 3.28. The van der Waals surface area contributed by atoms with Gasteiger partial charge >= 0.3 is 0 Å². The first-order valence-corrected chi connectivity index (χ1v) is 5.65. The number of nitrogens with zero attached hydrogens (tertiary/aromatic N) is 2. The van der Waals surface area contributed by atoms with Crippen molar-refractivity contribution in [3.63, 3.8) is 0 Å². The molecule has 0 fully saturated rings. The van der Waals surface area contributed by atoms with E-state index >= 15 is 0 Å². The Balaban J connectivity index is 2.17. The maximum Gasteiger partial charge on any atom is 0.128 e. The third-order valence-electron chi connectivity index (χ3n) is 2.73. The topological polar surface area (TPSA) is 42.1 Å². The molecular weight excluding hydrogens is 210 g/mol. The number of hydrogen-bond donors (Lipinski definition) is 1.